The van der Waals surface area contributed by atoms with E-state index in [1.807, 2.05) is 0 Å². The summed E-state index contributed by atoms with van der Waals surface area (Å²) in [5, 5.41) is 5.87. The van der Waals surface area contributed by atoms with Crippen LogP contribution in [0.15, 0.2) is 10.8 Å². The van der Waals surface area contributed by atoms with Gasteiger partial charge in [-0.3, -0.25) is 4.79 Å². The van der Waals surface area contributed by atoms with E-state index in [4.69, 9.17) is 0 Å². The highest BCUT2D eigenvalue weighted by molar-refractivity contribution is 9.10. The average Bonchev–Trinajstić information content (AvgIpc) is 2.89. The Morgan fingerprint density at radius 3 is 2.93 bits per heavy atom. The third-order valence-corrected chi connectivity index (χ3v) is 2.90. The molecular weight excluding hydrogens is 248 g/mol. The monoisotopic (exact) mass is 254 g/mol. The molecule has 0 atom stereocenters. The lowest BCUT2D eigenvalue weighted by molar-refractivity contribution is -0.117. The van der Waals surface area contributed by atoms with Crippen LogP contribution in [-0.2, 0) is 4.79 Å². The first-order chi connectivity index (χ1) is 6.70. The third-order valence-electron chi connectivity index (χ3n) is 2.52. The number of aromatic nitrogens is 2. The molecule has 1 aromatic rings. The van der Waals surface area contributed by atoms with Crippen LogP contribution in [0.1, 0.15) is 12.8 Å². The summed E-state index contributed by atoms with van der Waals surface area (Å²) in [6.45, 7) is 0. The molecule has 1 saturated carbocycles. The smallest absolute Gasteiger partial charge is 0.251 e. The van der Waals surface area contributed by atoms with E-state index in [9.17, 15) is 4.79 Å². The number of hydrogen-bond donors (Lipinski definition) is 2. The number of nitrogens with zero attached hydrogens (tertiary/aromatic N) is 2. The minimum atomic E-state index is -0.400. The van der Waals surface area contributed by atoms with E-state index in [0.717, 1.165) is 12.8 Å². The largest absolute Gasteiger partial charge is 0.353 e. The summed E-state index contributed by atoms with van der Waals surface area (Å²) < 4.78 is 0.663. The molecule has 6 heteroatoms. The zero-order valence-electron chi connectivity index (χ0n) is 7.17. The van der Waals surface area contributed by atoms with Crippen molar-refractivity contribution in [2.75, 3.05) is 10.6 Å². The van der Waals surface area contributed by atoms with Crippen LogP contribution in [-0.4, -0.2) is 21.4 Å². The highest BCUT2D eigenvalue weighted by Crippen LogP contribution is 2.43. The lowest BCUT2D eigenvalue weighted by atomic mass is 10.2. The molecule has 0 bridgehead atoms. The van der Waals surface area contributed by atoms with Gasteiger partial charge in [-0.2, -0.15) is 0 Å². The average molecular weight is 255 g/mol. The van der Waals surface area contributed by atoms with E-state index in [1.54, 1.807) is 6.20 Å². The molecular formula is C8H7BrN4O. The van der Waals surface area contributed by atoms with E-state index in [2.05, 4.69) is 36.5 Å². The molecule has 0 radical (unpaired) electrons. The van der Waals surface area contributed by atoms with Gasteiger partial charge in [-0.25, -0.2) is 9.97 Å². The van der Waals surface area contributed by atoms with Crippen LogP contribution in [0.2, 0.25) is 0 Å². The van der Waals surface area contributed by atoms with Crippen LogP contribution < -0.4 is 10.6 Å². The molecule has 0 saturated heterocycles. The molecule has 2 heterocycles. The van der Waals surface area contributed by atoms with Crippen molar-refractivity contribution in [3.63, 3.8) is 0 Å². The van der Waals surface area contributed by atoms with Crippen molar-refractivity contribution in [3.05, 3.63) is 10.8 Å². The molecule has 1 aromatic heterocycles. The molecule has 1 aliphatic carbocycles. The molecule has 72 valence electrons. The SMILES string of the molecule is O=C1Nc2ncc(Br)nc2NC12CC2. The molecule has 2 N–H and O–H groups in total. The number of fused-ring (bicyclic) bond motifs is 1. The molecule has 5 nitrogen and oxygen atoms in total. The molecule has 14 heavy (non-hydrogen) atoms. The lowest BCUT2D eigenvalue weighted by Gasteiger charge is -2.24. The van der Waals surface area contributed by atoms with Crippen molar-refractivity contribution < 1.29 is 4.79 Å². The van der Waals surface area contributed by atoms with Gasteiger partial charge in [0.25, 0.3) is 5.91 Å². The second-order valence-electron chi connectivity index (χ2n) is 3.55. The molecule has 0 unspecified atom stereocenters. The molecule has 1 spiro atoms. The highest BCUT2D eigenvalue weighted by Gasteiger charge is 2.53. The number of nitrogens with one attached hydrogen (secondary N) is 2. The molecule has 3 rings (SSSR count). The first-order valence-corrected chi connectivity index (χ1v) is 5.11. The summed E-state index contributed by atoms with van der Waals surface area (Å²) in [6.07, 6.45) is 3.30. The first-order valence-electron chi connectivity index (χ1n) is 4.32. The zero-order chi connectivity index (χ0) is 9.76. The Hall–Kier alpha value is -1.17. The van der Waals surface area contributed by atoms with Gasteiger partial charge >= 0.3 is 0 Å². The Balaban J connectivity index is 2.07. The summed E-state index contributed by atoms with van der Waals surface area (Å²) in [6, 6.07) is 0. The van der Waals surface area contributed by atoms with Crippen LogP contribution in [0.4, 0.5) is 11.6 Å². The van der Waals surface area contributed by atoms with Gasteiger partial charge in [0, 0.05) is 0 Å². The third kappa shape index (κ3) is 1.03. The second-order valence-corrected chi connectivity index (χ2v) is 4.36. The Morgan fingerprint density at radius 1 is 1.43 bits per heavy atom. The topological polar surface area (TPSA) is 66.9 Å². The maximum atomic E-state index is 11.6. The molecule has 1 amide bonds. The molecule has 1 fully saturated rings. The molecule has 1 aliphatic heterocycles. The van der Waals surface area contributed by atoms with Crippen molar-refractivity contribution >= 4 is 33.5 Å². The maximum Gasteiger partial charge on any atom is 0.251 e. The van der Waals surface area contributed by atoms with Crippen molar-refractivity contribution in [2.24, 2.45) is 0 Å². The Morgan fingerprint density at radius 2 is 2.21 bits per heavy atom. The van der Waals surface area contributed by atoms with E-state index in [-0.39, 0.29) is 5.91 Å². The molecule has 0 aromatic carbocycles. The number of amides is 1. The van der Waals surface area contributed by atoms with Crippen molar-refractivity contribution in [1.82, 2.24) is 9.97 Å². The van der Waals surface area contributed by atoms with Gasteiger partial charge in [-0.15, -0.1) is 0 Å². The summed E-state index contributed by atoms with van der Waals surface area (Å²) in [5.74, 6) is 1.16. The fourth-order valence-electron chi connectivity index (χ4n) is 1.53. The quantitative estimate of drug-likeness (QED) is 0.729. The zero-order valence-corrected chi connectivity index (χ0v) is 8.76. The summed E-state index contributed by atoms with van der Waals surface area (Å²) >= 11 is 3.24. The van der Waals surface area contributed by atoms with Crippen LogP contribution in [0, 0.1) is 0 Å². The minimum absolute atomic E-state index is 0.00150. The minimum Gasteiger partial charge on any atom is -0.353 e. The van der Waals surface area contributed by atoms with Gasteiger partial charge in [0.15, 0.2) is 11.6 Å². The predicted octanol–water partition coefficient (Wildman–Crippen LogP) is 1.14. The van der Waals surface area contributed by atoms with Crippen molar-refractivity contribution in [2.45, 2.75) is 18.4 Å². The lowest BCUT2D eigenvalue weighted by Crippen LogP contribution is -2.41. The summed E-state index contributed by atoms with van der Waals surface area (Å²) in [5.41, 5.74) is -0.400. The highest BCUT2D eigenvalue weighted by atomic mass is 79.9. The number of carbonyl (C=O) groups excluding carboxylic acids is 1. The van der Waals surface area contributed by atoms with Gasteiger partial charge in [0.1, 0.15) is 10.1 Å². The summed E-state index contributed by atoms with van der Waals surface area (Å²) in [4.78, 5) is 19.8. The predicted molar refractivity (Wildman–Crippen MR) is 53.9 cm³/mol. The van der Waals surface area contributed by atoms with E-state index in [1.165, 1.54) is 0 Å². The van der Waals surface area contributed by atoms with Gasteiger partial charge in [-0.05, 0) is 28.8 Å². The van der Waals surface area contributed by atoms with Crippen molar-refractivity contribution in [3.8, 4) is 0 Å². The maximum absolute atomic E-state index is 11.6. The van der Waals surface area contributed by atoms with Crippen LogP contribution >= 0.6 is 15.9 Å². The standard InChI is InChI=1S/C8H7BrN4O/c9-4-3-10-5-6(11-4)13-8(1-2-8)7(14)12-5/h3H,1-2H2,(H,11,13)(H,10,12,14). The van der Waals surface area contributed by atoms with E-state index in [0.29, 0.717) is 16.2 Å². The van der Waals surface area contributed by atoms with E-state index < -0.39 is 5.54 Å². The molecule has 2 aliphatic rings. The van der Waals surface area contributed by atoms with Crippen LogP contribution in [0.3, 0.4) is 0 Å². The number of rotatable bonds is 0. The Bertz CT molecular complexity index is 429. The van der Waals surface area contributed by atoms with Gasteiger partial charge < -0.3 is 10.6 Å². The number of carbonyl (C=O) groups is 1. The fraction of sp³-hybridized carbons (Fsp3) is 0.375. The number of anilines is 2. The van der Waals surface area contributed by atoms with Crippen molar-refractivity contribution in [1.29, 1.82) is 0 Å². The van der Waals surface area contributed by atoms with Crippen LogP contribution in [0.25, 0.3) is 0 Å². The first kappa shape index (κ1) is 8.16. The van der Waals surface area contributed by atoms with Gasteiger partial charge in [0.05, 0.1) is 6.20 Å². The second kappa shape index (κ2) is 2.44. The summed E-state index contributed by atoms with van der Waals surface area (Å²) in [7, 11) is 0. The Kier molecular flexibility index (Phi) is 1.42. The van der Waals surface area contributed by atoms with E-state index >= 15 is 0 Å². The van der Waals surface area contributed by atoms with Gasteiger partial charge in [-0.1, -0.05) is 0 Å². The Labute approximate surface area is 88.4 Å². The number of halogens is 1. The fourth-order valence-corrected chi connectivity index (χ4v) is 1.81. The van der Waals surface area contributed by atoms with Gasteiger partial charge in [0.2, 0.25) is 0 Å². The van der Waals surface area contributed by atoms with Crippen LogP contribution in [0.5, 0.6) is 0 Å². The number of hydrogen-bond acceptors (Lipinski definition) is 4. The normalized spacial score (nSPS) is 21.1.